The van der Waals surface area contributed by atoms with Crippen LogP contribution in [-0.2, 0) is 20.3 Å². The molecule has 1 atom stereocenters. The van der Waals surface area contributed by atoms with Crippen LogP contribution in [0.2, 0.25) is 0 Å². The SMILES string of the molecule is O=C(CS(=O)c1ccccc1[N+](=O)[O-])OCC(F)(F)C(F)(F)C(F)(F)C(F)F. The fraction of sp³-hybridized carbons (Fsp3) is 0.462. The number of halogens is 8. The van der Waals surface area contributed by atoms with Gasteiger partial charge in [-0.25, -0.2) is 8.78 Å². The summed E-state index contributed by atoms with van der Waals surface area (Å²) in [6.45, 7) is -2.71. The summed E-state index contributed by atoms with van der Waals surface area (Å²) >= 11 is 0. The molecule has 0 saturated heterocycles. The Labute approximate surface area is 153 Å². The van der Waals surface area contributed by atoms with Gasteiger partial charge < -0.3 is 4.74 Å². The van der Waals surface area contributed by atoms with E-state index in [1.807, 2.05) is 0 Å². The van der Waals surface area contributed by atoms with Crippen LogP contribution in [0.15, 0.2) is 29.2 Å². The second-order valence-corrected chi connectivity index (χ2v) is 6.50. The van der Waals surface area contributed by atoms with Crippen LogP contribution in [0.1, 0.15) is 0 Å². The molecule has 0 spiro atoms. The summed E-state index contributed by atoms with van der Waals surface area (Å²) in [7, 11) is -2.54. The molecule has 1 unspecified atom stereocenters. The quantitative estimate of drug-likeness (QED) is 0.253. The summed E-state index contributed by atoms with van der Waals surface area (Å²) < 4.78 is 117. The molecular weight excluding hydrogens is 434 g/mol. The van der Waals surface area contributed by atoms with Gasteiger partial charge >= 0.3 is 30.2 Å². The first-order valence-electron chi connectivity index (χ1n) is 6.84. The summed E-state index contributed by atoms with van der Waals surface area (Å²) in [6, 6.07) is 4.23. The van der Waals surface area contributed by atoms with E-state index in [1.54, 1.807) is 0 Å². The predicted molar refractivity (Wildman–Crippen MR) is 76.2 cm³/mol. The zero-order chi connectivity index (χ0) is 21.9. The molecule has 0 aromatic heterocycles. The van der Waals surface area contributed by atoms with Crippen LogP contribution in [0.4, 0.5) is 40.8 Å². The number of nitrogens with zero attached hydrogens (tertiary/aromatic N) is 1. The minimum Gasteiger partial charge on any atom is -0.458 e. The van der Waals surface area contributed by atoms with Crippen molar-refractivity contribution in [2.45, 2.75) is 29.1 Å². The average Bonchev–Trinajstić information content (AvgIpc) is 2.59. The van der Waals surface area contributed by atoms with Gasteiger partial charge in [-0.1, -0.05) is 12.1 Å². The third-order valence-corrected chi connectivity index (χ3v) is 4.46. The van der Waals surface area contributed by atoms with Crippen LogP contribution < -0.4 is 0 Å². The van der Waals surface area contributed by atoms with E-state index in [9.17, 15) is 54.2 Å². The summed E-state index contributed by atoms with van der Waals surface area (Å²) in [6.07, 6.45) is -5.13. The molecule has 0 N–H and O–H groups in total. The van der Waals surface area contributed by atoms with Crippen LogP contribution in [-0.4, -0.2) is 51.7 Å². The van der Waals surface area contributed by atoms with Gasteiger partial charge in [0.2, 0.25) is 0 Å². The van der Waals surface area contributed by atoms with Crippen LogP contribution in [0.5, 0.6) is 0 Å². The lowest BCUT2D eigenvalue weighted by Crippen LogP contribution is -2.59. The van der Waals surface area contributed by atoms with E-state index in [2.05, 4.69) is 4.74 Å². The number of alkyl halides is 8. The Morgan fingerprint density at radius 3 is 2.18 bits per heavy atom. The number of ether oxygens (including phenoxy) is 1. The van der Waals surface area contributed by atoms with Crippen molar-refractivity contribution in [3.05, 3.63) is 34.4 Å². The second-order valence-electron chi connectivity index (χ2n) is 5.08. The maximum Gasteiger partial charge on any atom is 0.381 e. The first kappa shape index (κ1) is 23.7. The molecule has 0 aliphatic rings. The summed E-state index contributed by atoms with van der Waals surface area (Å²) in [5.41, 5.74) is -0.706. The van der Waals surface area contributed by atoms with Gasteiger partial charge in [0.25, 0.3) is 5.69 Å². The van der Waals surface area contributed by atoms with Gasteiger partial charge in [0.15, 0.2) is 6.61 Å². The van der Waals surface area contributed by atoms with Crippen molar-refractivity contribution in [2.75, 3.05) is 12.4 Å². The molecule has 0 aliphatic heterocycles. The molecule has 0 aliphatic carbocycles. The Morgan fingerprint density at radius 2 is 1.68 bits per heavy atom. The van der Waals surface area contributed by atoms with Crippen LogP contribution in [0, 0.1) is 10.1 Å². The molecule has 0 radical (unpaired) electrons. The van der Waals surface area contributed by atoms with E-state index in [0.29, 0.717) is 0 Å². The predicted octanol–water partition coefficient (Wildman–Crippen LogP) is 3.42. The van der Waals surface area contributed by atoms with Gasteiger partial charge in [-0.2, -0.15) is 26.3 Å². The summed E-state index contributed by atoms with van der Waals surface area (Å²) in [5.74, 6) is -22.1. The molecule has 0 bridgehead atoms. The molecular formula is C13H9F8NO5S. The fourth-order valence-electron chi connectivity index (χ4n) is 1.67. The fourth-order valence-corrected chi connectivity index (χ4v) is 2.73. The van der Waals surface area contributed by atoms with E-state index >= 15 is 0 Å². The third kappa shape index (κ3) is 4.74. The van der Waals surface area contributed by atoms with Gasteiger partial charge in [0.1, 0.15) is 10.6 Å². The molecule has 28 heavy (non-hydrogen) atoms. The van der Waals surface area contributed by atoms with Crippen molar-refractivity contribution < 1.29 is 53.8 Å². The van der Waals surface area contributed by atoms with Gasteiger partial charge in [-0.15, -0.1) is 0 Å². The number of esters is 1. The smallest absolute Gasteiger partial charge is 0.381 e. The minimum atomic E-state index is -6.56. The molecule has 15 heteroatoms. The highest BCUT2D eigenvalue weighted by atomic mass is 32.2. The second kappa shape index (κ2) is 8.36. The number of para-hydroxylation sites is 1. The zero-order valence-electron chi connectivity index (χ0n) is 13.2. The Hall–Kier alpha value is -2.32. The number of nitro benzene ring substituents is 1. The van der Waals surface area contributed by atoms with E-state index in [0.717, 1.165) is 12.1 Å². The van der Waals surface area contributed by atoms with Gasteiger partial charge in [-0.3, -0.25) is 19.1 Å². The number of rotatable bonds is 9. The van der Waals surface area contributed by atoms with Gasteiger partial charge in [-0.05, 0) is 6.07 Å². The largest absolute Gasteiger partial charge is 0.458 e. The standard InChI is InChI=1S/C13H9F8NO5S/c14-10(15)12(18,19)13(20,21)11(16,17)6-27-9(23)5-28(26)8-4-2-1-3-7(8)22(24)25/h1-4,10H,5-6H2. The molecule has 1 aromatic carbocycles. The maximum absolute atomic E-state index is 13.2. The number of carbonyl (C=O) groups excluding carboxylic acids is 1. The van der Waals surface area contributed by atoms with Crippen LogP contribution in [0.25, 0.3) is 0 Å². The average molecular weight is 443 g/mol. The first-order valence-corrected chi connectivity index (χ1v) is 8.16. The topological polar surface area (TPSA) is 86.5 Å². The maximum atomic E-state index is 13.2. The summed E-state index contributed by atoms with van der Waals surface area (Å²) in [5, 5.41) is 10.8. The van der Waals surface area contributed by atoms with E-state index in [1.165, 1.54) is 12.1 Å². The number of hydrogen-bond acceptors (Lipinski definition) is 5. The van der Waals surface area contributed by atoms with Crippen molar-refractivity contribution in [1.82, 2.24) is 0 Å². The van der Waals surface area contributed by atoms with Crippen molar-refractivity contribution in [1.29, 1.82) is 0 Å². The van der Waals surface area contributed by atoms with E-state index in [4.69, 9.17) is 0 Å². The van der Waals surface area contributed by atoms with Gasteiger partial charge in [0, 0.05) is 6.07 Å². The molecule has 6 nitrogen and oxygen atoms in total. The van der Waals surface area contributed by atoms with Crippen LogP contribution >= 0.6 is 0 Å². The molecule has 0 fully saturated rings. The van der Waals surface area contributed by atoms with E-state index < -0.39 is 68.8 Å². The number of carbonyl (C=O) groups is 1. The zero-order valence-corrected chi connectivity index (χ0v) is 14.0. The molecule has 1 rings (SSSR count). The monoisotopic (exact) mass is 443 g/mol. The highest BCUT2D eigenvalue weighted by Crippen LogP contribution is 2.48. The molecule has 0 amide bonds. The Bertz CT molecular complexity index is 773. The molecule has 0 heterocycles. The lowest BCUT2D eigenvalue weighted by Gasteiger charge is -2.31. The molecule has 1 aromatic rings. The number of nitro groups is 1. The lowest BCUT2D eigenvalue weighted by atomic mass is 10.1. The highest BCUT2D eigenvalue weighted by molar-refractivity contribution is 7.85. The Kier molecular flexibility index (Phi) is 7.08. The number of hydrogen-bond donors (Lipinski definition) is 0. The minimum absolute atomic E-state index is 0.522. The Morgan fingerprint density at radius 1 is 1.14 bits per heavy atom. The molecule has 158 valence electrons. The van der Waals surface area contributed by atoms with E-state index in [-0.39, 0.29) is 0 Å². The van der Waals surface area contributed by atoms with Crippen molar-refractivity contribution in [3.8, 4) is 0 Å². The lowest BCUT2D eigenvalue weighted by molar-refractivity contribution is -0.387. The first-order chi connectivity index (χ1) is 12.6. The van der Waals surface area contributed by atoms with Gasteiger partial charge in [0.05, 0.1) is 15.7 Å². The summed E-state index contributed by atoms with van der Waals surface area (Å²) in [4.78, 5) is 20.6. The highest BCUT2D eigenvalue weighted by Gasteiger charge is 2.75. The number of benzene rings is 1. The van der Waals surface area contributed by atoms with Crippen molar-refractivity contribution in [3.63, 3.8) is 0 Å². The van der Waals surface area contributed by atoms with Crippen molar-refractivity contribution >= 4 is 22.5 Å². The van der Waals surface area contributed by atoms with Crippen molar-refractivity contribution in [2.24, 2.45) is 0 Å². The molecule has 0 saturated carbocycles. The Balaban J connectivity index is 2.85. The third-order valence-electron chi connectivity index (χ3n) is 3.12. The normalized spacial score (nSPS) is 14.0. The van der Waals surface area contributed by atoms with Crippen LogP contribution in [0.3, 0.4) is 0 Å².